The molecule has 0 aromatic rings. The van der Waals surface area contributed by atoms with Gasteiger partial charge in [0.2, 0.25) is 0 Å². The van der Waals surface area contributed by atoms with Crippen molar-refractivity contribution in [1.82, 2.24) is 0 Å². The molecule has 1 saturated carbocycles. The Balaban J connectivity index is 2.10. The zero-order valence-electron chi connectivity index (χ0n) is 15.0. The fourth-order valence-electron chi connectivity index (χ4n) is 5.18. The maximum Gasteiger partial charge on any atom is 0.303 e. The number of aliphatic hydroxyl groups is 2. The molecular formula is C18H28O6. The predicted octanol–water partition coefficient (Wildman–Crippen LogP) is 1.39. The summed E-state index contributed by atoms with van der Waals surface area (Å²) in [4.78, 5) is 11.7. The molecule has 2 bridgehead atoms. The summed E-state index contributed by atoms with van der Waals surface area (Å²) in [6.45, 7) is 7.44. The summed E-state index contributed by atoms with van der Waals surface area (Å²) >= 11 is 0. The van der Waals surface area contributed by atoms with Crippen LogP contribution in [-0.4, -0.2) is 53.5 Å². The second-order valence-electron chi connectivity index (χ2n) is 8.08. The van der Waals surface area contributed by atoms with E-state index in [9.17, 15) is 15.0 Å². The maximum absolute atomic E-state index is 11.7. The van der Waals surface area contributed by atoms with Crippen molar-refractivity contribution < 1.29 is 29.2 Å². The van der Waals surface area contributed by atoms with E-state index in [2.05, 4.69) is 13.8 Å². The Kier molecular flexibility index (Phi) is 4.31. The minimum atomic E-state index is -1.10. The maximum atomic E-state index is 11.7. The standard InChI is InChI=1S/C18H28O6/c1-9-6-12(22-5)15(20)14-11-8-17(3,4)18(11,24-16(14)21)13(7-9)23-10(2)19/h6,11-16,20-21H,7-8H2,1-5H3/b9-6-/t11-,12-,13+,14?,15+,16-,18-/m1/s1. The van der Waals surface area contributed by atoms with Crippen molar-refractivity contribution in [2.24, 2.45) is 17.3 Å². The normalized spacial score (nSPS) is 48.9. The van der Waals surface area contributed by atoms with Crippen molar-refractivity contribution in [3.05, 3.63) is 11.6 Å². The summed E-state index contributed by atoms with van der Waals surface area (Å²) < 4.78 is 17.2. The largest absolute Gasteiger partial charge is 0.459 e. The molecule has 7 atom stereocenters. The van der Waals surface area contributed by atoms with Gasteiger partial charge in [0.05, 0.1) is 6.10 Å². The molecule has 6 nitrogen and oxygen atoms in total. The van der Waals surface area contributed by atoms with Crippen LogP contribution in [0, 0.1) is 17.3 Å². The van der Waals surface area contributed by atoms with Crippen LogP contribution in [0.25, 0.3) is 0 Å². The van der Waals surface area contributed by atoms with Crippen molar-refractivity contribution >= 4 is 5.97 Å². The number of hydrogen-bond acceptors (Lipinski definition) is 6. The highest BCUT2D eigenvalue weighted by Gasteiger charge is 2.74. The molecule has 0 spiro atoms. The van der Waals surface area contributed by atoms with Gasteiger partial charge in [0.1, 0.15) is 17.8 Å². The van der Waals surface area contributed by atoms with Gasteiger partial charge in [0.15, 0.2) is 6.29 Å². The van der Waals surface area contributed by atoms with E-state index in [-0.39, 0.29) is 17.3 Å². The quantitative estimate of drug-likeness (QED) is 0.584. The van der Waals surface area contributed by atoms with Gasteiger partial charge in [-0.3, -0.25) is 4.79 Å². The Labute approximate surface area is 142 Å². The summed E-state index contributed by atoms with van der Waals surface area (Å²) in [6.07, 6.45) is 0.141. The summed E-state index contributed by atoms with van der Waals surface area (Å²) in [5.74, 6) is -0.921. The number of aliphatic hydroxyl groups excluding tert-OH is 2. The molecule has 1 heterocycles. The lowest BCUT2D eigenvalue weighted by Crippen LogP contribution is -2.68. The van der Waals surface area contributed by atoms with Gasteiger partial charge in [0.25, 0.3) is 0 Å². The molecule has 3 aliphatic rings. The van der Waals surface area contributed by atoms with Gasteiger partial charge in [0, 0.05) is 32.3 Å². The molecule has 2 fully saturated rings. The lowest BCUT2D eigenvalue weighted by Gasteiger charge is -2.61. The molecule has 6 heteroatoms. The lowest BCUT2D eigenvalue weighted by molar-refractivity contribution is -0.276. The Morgan fingerprint density at radius 3 is 2.58 bits per heavy atom. The highest BCUT2D eigenvalue weighted by Crippen LogP contribution is 2.67. The molecule has 1 aliphatic heterocycles. The Hall–Kier alpha value is -0.950. The topological polar surface area (TPSA) is 85.2 Å². The third-order valence-corrected chi connectivity index (χ3v) is 6.19. The molecule has 2 N–H and O–H groups in total. The molecule has 2 aliphatic carbocycles. The van der Waals surface area contributed by atoms with Crippen LogP contribution in [0.4, 0.5) is 0 Å². The molecule has 0 amide bonds. The number of rotatable bonds is 2. The monoisotopic (exact) mass is 340 g/mol. The third-order valence-electron chi connectivity index (χ3n) is 6.19. The van der Waals surface area contributed by atoms with Gasteiger partial charge in [-0.05, 0) is 18.8 Å². The predicted molar refractivity (Wildman–Crippen MR) is 85.9 cm³/mol. The first-order valence-electron chi connectivity index (χ1n) is 8.55. The van der Waals surface area contributed by atoms with Crippen molar-refractivity contribution in [2.45, 2.75) is 70.7 Å². The van der Waals surface area contributed by atoms with Gasteiger partial charge in [-0.1, -0.05) is 25.5 Å². The van der Waals surface area contributed by atoms with Gasteiger partial charge >= 0.3 is 5.97 Å². The lowest BCUT2D eigenvalue weighted by atomic mass is 9.47. The summed E-state index contributed by atoms with van der Waals surface area (Å²) in [7, 11) is 1.54. The van der Waals surface area contributed by atoms with E-state index in [0.29, 0.717) is 6.42 Å². The average molecular weight is 340 g/mol. The number of esters is 1. The zero-order chi connectivity index (χ0) is 17.9. The fraction of sp³-hybridized carbons (Fsp3) is 0.833. The van der Waals surface area contributed by atoms with Crippen molar-refractivity contribution in [3.63, 3.8) is 0 Å². The Morgan fingerprint density at radius 2 is 2.04 bits per heavy atom. The number of carbonyl (C=O) groups is 1. The minimum Gasteiger partial charge on any atom is -0.459 e. The van der Waals surface area contributed by atoms with Crippen LogP contribution in [0.3, 0.4) is 0 Å². The smallest absolute Gasteiger partial charge is 0.303 e. The van der Waals surface area contributed by atoms with Crippen LogP contribution in [0.2, 0.25) is 0 Å². The van der Waals surface area contributed by atoms with Gasteiger partial charge in [-0.15, -0.1) is 0 Å². The van der Waals surface area contributed by atoms with Gasteiger partial charge < -0.3 is 24.4 Å². The highest BCUT2D eigenvalue weighted by molar-refractivity contribution is 5.66. The first-order chi connectivity index (χ1) is 11.1. The van der Waals surface area contributed by atoms with Crippen LogP contribution in [-0.2, 0) is 19.0 Å². The summed E-state index contributed by atoms with van der Waals surface area (Å²) in [5.41, 5.74) is -0.0874. The van der Waals surface area contributed by atoms with E-state index >= 15 is 0 Å². The molecule has 3 rings (SSSR count). The second kappa shape index (κ2) is 5.80. The minimum absolute atomic E-state index is 0.0844. The molecule has 136 valence electrons. The van der Waals surface area contributed by atoms with Crippen molar-refractivity contribution in [1.29, 1.82) is 0 Å². The zero-order valence-corrected chi connectivity index (χ0v) is 15.0. The van der Waals surface area contributed by atoms with Crippen molar-refractivity contribution in [3.8, 4) is 0 Å². The van der Waals surface area contributed by atoms with E-state index in [1.165, 1.54) is 6.92 Å². The molecule has 1 unspecified atom stereocenters. The summed E-state index contributed by atoms with van der Waals surface area (Å²) in [5, 5.41) is 21.4. The highest BCUT2D eigenvalue weighted by atomic mass is 16.7. The molecule has 0 radical (unpaired) electrons. The average Bonchev–Trinajstić information content (AvgIpc) is 2.73. The second-order valence-corrected chi connectivity index (χ2v) is 8.08. The van der Waals surface area contributed by atoms with Crippen LogP contribution >= 0.6 is 0 Å². The van der Waals surface area contributed by atoms with E-state index in [1.54, 1.807) is 7.11 Å². The number of methoxy groups -OCH3 is 1. The SMILES string of the molecule is CO[C@@H]1/C=C(/C)C[C@H](OC(C)=O)[C@]23O[C@@H](O)C([C@H]1O)[C@H]2CC3(C)C. The van der Waals surface area contributed by atoms with Gasteiger partial charge in [-0.25, -0.2) is 0 Å². The van der Waals surface area contributed by atoms with E-state index in [4.69, 9.17) is 14.2 Å². The first-order valence-corrected chi connectivity index (χ1v) is 8.55. The molecule has 1 saturated heterocycles. The number of hydrogen-bond donors (Lipinski definition) is 2. The number of carbonyl (C=O) groups excluding carboxylic acids is 1. The molecule has 0 aromatic heterocycles. The van der Waals surface area contributed by atoms with Crippen molar-refractivity contribution in [2.75, 3.05) is 7.11 Å². The molecular weight excluding hydrogens is 312 g/mol. The molecule has 0 aromatic carbocycles. The Bertz CT molecular complexity index is 556. The van der Waals surface area contributed by atoms with Crippen LogP contribution in [0.1, 0.15) is 40.5 Å². The first kappa shape index (κ1) is 17.9. The van der Waals surface area contributed by atoms with E-state index in [1.807, 2.05) is 13.0 Å². The Morgan fingerprint density at radius 1 is 1.38 bits per heavy atom. The molecule has 24 heavy (non-hydrogen) atoms. The fourth-order valence-corrected chi connectivity index (χ4v) is 5.18. The van der Waals surface area contributed by atoms with Crippen LogP contribution < -0.4 is 0 Å². The third kappa shape index (κ3) is 2.35. The van der Waals surface area contributed by atoms with Gasteiger partial charge in [-0.2, -0.15) is 0 Å². The van der Waals surface area contributed by atoms with Crippen LogP contribution in [0.5, 0.6) is 0 Å². The van der Waals surface area contributed by atoms with E-state index in [0.717, 1.165) is 12.0 Å². The van der Waals surface area contributed by atoms with Crippen LogP contribution in [0.15, 0.2) is 11.6 Å². The summed E-state index contributed by atoms with van der Waals surface area (Å²) in [6, 6.07) is 0. The van der Waals surface area contributed by atoms with E-state index < -0.39 is 36.1 Å². The number of ether oxygens (including phenoxy) is 3.